The van der Waals surface area contributed by atoms with Crippen LogP contribution in [-0.4, -0.2) is 15.9 Å². The lowest BCUT2D eigenvalue weighted by atomic mass is 10.3. The maximum absolute atomic E-state index is 10.8. The molecule has 2 rings (SSSR count). The maximum Gasteiger partial charge on any atom is 0.269 e. The van der Waals surface area contributed by atoms with E-state index in [0.29, 0.717) is 11.6 Å². The number of nitrogens with two attached hydrogens (primary N) is 1. The van der Waals surface area contributed by atoms with Gasteiger partial charge in [-0.2, -0.15) is 0 Å². The zero-order chi connectivity index (χ0) is 8.72. The average Bonchev–Trinajstić information content (AvgIpc) is 2.75. The van der Waals surface area contributed by atoms with Gasteiger partial charge in [0.2, 0.25) is 0 Å². The number of aryl methyl sites for hydroxylation is 1. The highest BCUT2D eigenvalue weighted by atomic mass is 16.1. The molecule has 4 heteroatoms. The van der Waals surface area contributed by atoms with E-state index in [9.17, 15) is 4.79 Å². The molecule has 0 bridgehead atoms. The Kier molecular flexibility index (Phi) is 1.43. The van der Waals surface area contributed by atoms with E-state index in [0.717, 1.165) is 11.5 Å². The maximum atomic E-state index is 10.8. The van der Waals surface area contributed by atoms with Crippen LogP contribution in [0.5, 0.6) is 0 Å². The molecule has 0 unspecified atom stereocenters. The van der Waals surface area contributed by atoms with Crippen molar-refractivity contribution in [2.45, 2.75) is 25.7 Å². The number of aromatic amines is 1. The average molecular weight is 165 g/mol. The van der Waals surface area contributed by atoms with Gasteiger partial charge in [-0.05, 0) is 19.8 Å². The topological polar surface area (TPSA) is 71.8 Å². The second kappa shape index (κ2) is 2.33. The van der Waals surface area contributed by atoms with Crippen molar-refractivity contribution in [2.75, 3.05) is 0 Å². The minimum atomic E-state index is -0.448. The van der Waals surface area contributed by atoms with Crippen LogP contribution in [-0.2, 0) is 0 Å². The highest BCUT2D eigenvalue weighted by Crippen LogP contribution is 2.38. The molecule has 1 aliphatic carbocycles. The molecule has 3 N–H and O–H groups in total. The number of nitrogens with zero attached hydrogens (tertiary/aromatic N) is 1. The molecule has 64 valence electrons. The van der Waals surface area contributed by atoms with Gasteiger partial charge in [0.05, 0.1) is 0 Å². The van der Waals surface area contributed by atoms with Gasteiger partial charge in [-0.25, -0.2) is 4.98 Å². The highest BCUT2D eigenvalue weighted by Gasteiger charge is 2.28. The molecule has 1 fully saturated rings. The van der Waals surface area contributed by atoms with Crippen molar-refractivity contribution in [3.8, 4) is 0 Å². The molecule has 0 radical (unpaired) electrons. The van der Waals surface area contributed by atoms with Crippen LogP contribution < -0.4 is 5.73 Å². The van der Waals surface area contributed by atoms with E-state index in [1.165, 1.54) is 12.8 Å². The molecule has 0 spiro atoms. The zero-order valence-electron chi connectivity index (χ0n) is 6.92. The van der Waals surface area contributed by atoms with Gasteiger partial charge in [0, 0.05) is 11.6 Å². The second-order valence-corrected chi connectivity index (χ2v) is 3.23. The Hall–Kier alpha value is -1.32. The molecule has 1 aromatic rings. The van der Waals surface area contributed by atoms with Crippen molar-refractivity contribution < 1.29 is 4.79 Å². The summed E-state index contributed by atoms with van der Waals surface area (Å²) in [5.74, 6) is 1.01. The van der Waals surface area contributed by atoms with Crippen LogP contribution >= 0.6 is 0 Å². The molecular formula is C8H11N3O. The number of hydrogen-bond donors (Lipinski definition) is 2. The molecule has 0 aliphatic heterocycles. The number of imidazole rings is 1. The minimum absolute atomic E-state index is 0.386. The molecule has 1 saturated carbocycles. The Morgan fingerprint density at radius 2 is 2.33 bits per heavy atom. The molecule has 1 aliphatic rings. The summed E-state index contributed by atoms with van der Waals surface area (Å²) in [4.78, 5) is 18.0. The Labute approximate surface area is 70.2 Å². The Morgan fingerprint density at radius 3 is 2.75 bits per heavy atom. The summed E-state index contributed by atoms with van der Waals surface area (Å²) < 4.78 is 0. The van der Waals surface area contributed by atoms with Gasteiger partial charge < -0.3 is 10.7 Å². The van der Waals surface area contributed by atoms with Crippen molar-refractivity contribution in [1.82, 2.24) is 9.97 Å². The predicted molar refractivity (Wildman–Crippen MR) is 43.8 cm³/mol. The van der Waals surface area contributed by atoms with Crippen LogP contribution in [0.4, 0.5) is 0 Å². The SMILES string of the molecule is Cc1[nH]c(C2CC2)nc1C(N)=O. The summed E-state index contributed by atoms with van der Waals surface area (Å²) in [7, 11) is 0. The van der Waals surface area contributed by atoms with E-state index in [1.54, 1.807) is 0 Å². The molecule has 1 aromatic heterocycles. The van der Waals surface area contributed by atoms with Crippen LogP contribution in [0.25, 0.3) is 0 Å². The fourth-order valence-electron chi connectivity index (χ4n) is 1.27. The molecular weight excluding hydrogens is 154 g/mol. The normalized spacial score (nSPS) is 16.4. The summed E-state index contributed by atoms with van der Waals surface area (Å²) in [6.07, 6.45) is 2.34. The Balaban J connectivity index is 2.36. The van der Waals surface area contributed by atoms with Crippen molar-refractivity contribution in [3.05, 3.63) is 17.2 Å². The predicted octanol–water partition coefficient (Wildman–Crippen LogP) is 0.694. The molecule has 1 heterocycles. The van der Waals surface area contributed by atoms with Crippen LogP contribution in [0.1, 0.15) is 40.8 Å². The standard InChI is InChI=1S/C8H11N3O/c1-4-6(7(9)12)11-8(10-4)5-2-3-5/h5H,2-3H2,1H3,(H2,9,12)(H,10,11). The van der Waals surface area contributed by atoms with Crippen molar-refractivity contribution in [2.24, 2.45) is 5.73 Å². The van der Waals surface area contributed by atoms with Crippen molar-refractivity contribution in [1.29, 1.82) is 0 Å². The smallest absolute Gasteiger partial charge is 0.269 e. The van der Waals surface area contributed by atoms with Gasteiger partial charge in [-0.3, -0.25) is 4.79 Å². The first-order chi connectivity index (χ1) is 5.68. The largest absolute Gasteiger partial charge is 0.364 e. The summed E-state index contributed by atoms with van der Waals surface area (Å²) >= 11 is 0. The van der Waals surface area contributed by atoms with E-state index in [-0.39, 0.29) is 0 Å². The number of carbonyl (C=O) groups is 1. The lowest BCUT2D eigenvalue weighted by Crippen LogP contribution is -2.12. The summed E-state index contributed by atoms with van der Waals surface area (Å²) in [5, 5.41) is 0. The fraction of sp³-hybridized carbons (Fsp3) is 0.500. The third-order valence-corrected chi connectivity index (χ3v) is 2.10. The van der Waals surface area contributed by atoms with E-state index >= 15 is 0 Å². The number of hydrogen-bond acceptors (Lipinski definition) is 2. The molecule has 0 saturated heterocycles. The Morgan fingerprint density at radius 1 is 1.67 bits per heavy atom. The van der Waals surface area contributed by atoms with Crippen LogP contribution in [0.3, 0.4) is 0 Å². The first-order valence-electron chi connectivity index (χ1n) is 4.05. The van der Waals surface area contributed by atoms with Crippen LogP contribution in [0.2, 0.25) is 0 Å². The monoisotopic (exact) mass is 165 g/mol. The number of H-pyrrole nitrogens is 1. The highest BCUT2D eigenvalue weighted by molar-refractivity contribution is 5.91. The number of primary amides is 1. The molecule has 0 aromatic carbocycles. The second-order valence-electron chi connectivity index (χ2n) is 3.23. The quantitative estimate of drug-likeness (QED) is 0.676. The Bertz CT molecular complexity index is 325. The number of carbonyl (C=O) groups excluding carboxylic acids is 1. The first-order valence-corrected chi connectivity index (χ1v) is 4.05. The van der Waals surface area contributed by atoms with Gasteiger partial charge in [0.25, 0.3) is 5.91 Å². The third-order valence-electron chi connectivity index (χ3n) is 2.10. The van der Waals surface area contributed by atoms with Crippen molar-refractivity contribution in [3.63, 3.8) is 0 Å². The van der Waals surface area contributed by atoms with Crippen LogP contribution in [0.15, 0.2) is 0 Å². The lowest BCUT2D eigenvalue weighted by molar-refractivity contribution is 0.0995. The first kappa shape index (κ1) is 7.34. The number of nitrogens with one attached hydrogen (secondary N) is 1. The van der Waals surface area contributed by atoms with Crippen LogP contribution in [0, 0.1) is 6.92 Å². The van der Waals surface area contributed by atoms with Crippen molar-refractivity contribution >= 4 is 5.91 Å². The fourth-order valence-corrected chi connectivity index (χ4v) is 1.27. The van der Waals surface area contributed by atoms with E-state index in [1.807, 2.05) is 6.92 Å². The lowest BCUT2D eigenvalue weighted by Gasteiger charge is -1.86. The van der Waals surface area contributed by atoms with Gasteiger partial charge in [0.1, 0.15) is 11.5 Å². The van der Waals surface area contributed by atoms with E-state index in [4.69, 9.17) is 5.73 Å². The molecule has 12 heavy (non-hydrogen) atoms. The summed E-state index contributed by atoms with van der Waals surface area (Å²) in [6, 6.07) is 0. The number of aromatic nitrogens is 2. The molecule has 0 atom stereocenters. The van der Waals surface area contributed by atoms with Gasteiger partial charge >= 0.3 is 0 Å². The minimum Gasteiger partial charge on any atom is -0.364 e. The number of amides is 1. The summed E-state index contributed by atoms with van der Waals surface area (Å²) in [6.45, 7) is 1.82. The van der Waals surface area contributed by atoms with Gasteiger partial charge in [-0.1, -0.05) is 0 Å². The molecule has 4 nitrogen and oxygen atoms in total. The third kappa shape index (κ3) is 1.09. The molecule has 1 amide bonds. The van der Waals surface area contributed by atoms with Gasteiger partial charge in [0.15, 0.2) is 0 Å². The van der Waals surface area contributed by atoms with E-state index < -0.39 is 5.91 Å². The number of rotatable bonds is 2. The summed E-state index contributed by atoms with van der Waals surface area (Å²) in [5.41, 5.74) is 6.29. The van der Waals surface area contributed by atoms with E-state index in [2.05, 4.69) is 9.97 Å². The zero-order valence-corrected chi connectivity index (χ0v) is 6.92. The van der Waals surface area contributed by atoms with Gasteiger partial charge in [-0.15, -0.1) is 0 Å².